The van der Waals surface area contributed by atoms with Crippen LogP contribution in [0.25, 0.3) is 0 Å². The summed E-state index contributed by atoms with van der Waals surface area (Å²) < 4.78 is 31.5. The van der Waals surface area contributed by atoms with E-state index in [9.17, 15) is 18.0 Å². The molecule has 1 N–H and O–H groups in total. The topological polar surface area (TPSA) is 92.8 Å². The Labute approximate surface area is 139 Å². The number of piperidine rings is 1. The Balaban J connectivity index is 2.06. The van der Waals surface area contributed by atoms with Crippen molar-refractivity contribution in [3.05, 3.63) is 16.3 Å². The average molecular weight is 360 g/mol. The summed E-state index contributed by atoms with van der Waals surface area (Å²) in [5, 5.41) is 3.94. The third kappa shape index (κ3) is 3.91. The molecule has 1 aromatic heterocycles. The highest BCUT2D eigenvalue weighted by molar-refractivity contribution is 7.89. The molecular formula is C14H20N2O5S2. The summed E-state index contributed by atoms with van der Waals surface area (Å²) in [6.07, 6.45) is 0.898. The summed E-state index contributed by atoms with van der Waals surface area (Å²) in [4.78, 5) is 23.7. The van der Waals surface area contributed by atoms with Crippen molar-refractivity contribution in [2.24, 2.45) is 5.92 Å². The molecule has 0 bridgehead atoms. The van der Waals surface area contributed by atoms with Gasteiger partial charge < -0.3 is 10.1 Å². The van der Waals surface area contributed by atoms with E-state index < -0.39 is 10.0 Å². The SMILES string of the molecule is CCOC(=O)C1CCN(S(=O)(=O)c2csc(C(=O)NC)c2)CC1. The predicted octanol–water partition coefficient (Wildman–Crippen LogP) is 1.07. The zero-order valence-corrected chi connectivity index (χ0v) is 14.7. The molecule has 0 unspecified atom stereocenters. The average Bonchev–Trinajstić information content (AvgIpc) is 3.05. The van der Waals surface area contributed by atoms with Crippen molar-refractivity contribution < 1.29 is 22.7 Å². The Morgan fingerprint density at radius 3 is 2.61 bits per heavy atom. The van der Waals surface area contributed by atoms with E-state index in [1.807, 2.05) is 0 Å². The highest BCUT2D eigenvalue weighted by Crippen LogP contribution is 2.27. The normalized spacial score (nSPS) is 17.0. The minimum Gasteiger partial charge on any atom is -0.466 e. The molecule has 1 saturated heterocycles. The number of carbonyl (C=O) groups excluding carboxylic acids is 2. The van der Waals surface area contributed by atoms with Gasteiger partial charge >= 0.3 is 5.97 Å². The van der Waals surface area contributed by atoms with Gasteiger partial charge in [0.15, 0.2) is 0 Å². The van der Waals surface area contributed by atoms with E-state index in [4.69, 9.17) is 4.74 Å². The lowest BCUT2D eigenvalue weighted by molar-refractivity contribution is -0.149. The zero-order valence-electron chi connectivity index (χ0n) is 13.1. The Bertz CT molecular complexity index is 675. The van der Waals surface area contributed by atoms with Crippen LogP contribution in [0.1, 0.15) is 29.4 Å². The maximum atomic E-state index is 12.6. The highest BCUT2D eigenvalue weighted by Gasteiger charge is 2.33. The van der Waals surface area contributed by atoms with Crippen LogP contribution in [0.3, 0.4) is 0 Å². The highest BCUT2D eigenvalue weighted by atomic mass is 32.2. The lowest BCUT2D eigenvalue weighted by Crippen LogP contribution is -2.40. The fourth-order valence-corrected chi connectivity index (χ4v) is 5.11. The molecule has 1 aromatic rings. The molecule has 1 aliphatic rings. The third-order valence-corrected chi connectivity index (χ3v) is 6.69. The predicted molar refractivity (Wildman–Crippen MR) is 85.8 cm³/mol. The van der Waals surface area contributed by atoms with E-state index in [-0.39, 0.29) is 35.8 Å². The molecule has 0 radical (unpaired) electrons. The monoisotopic (exact) mass is 360 g/mol. The summed E-state index contributed by atoms with van der Waals surface area (Å²) in [6.45, 7) is 2.63. The summed E-state index contributed by atoms with van der Waals surface area (Å²) in [7, 11) is -2.14. The second-order valence-electron chi connectivity index (χ2n) is 5.16. The molecule has 7 nitrogen and oxygen atoms in total. The zero-order chi connectivity index (χ0) is 17.0. The number of esters is 1. The first-order valence-corrected chi connectivity index (χ1v) is 9.69. The van der Waals surface area contributed by atoms with E-state index in [1.165, 1.54) is 22.8 Å². The molecular weight excluding hydrogens is 340 g/mol. The van der Waals surface area contributed by atoms with Gasteiger partial charge in [0.05, 0.1) is 22.3 Å². The maximum absolute atomic E-state index is 12.6. The molecule has 0 aromatic carbocycles. The lowest BCUT2D eigenvalue weighted by Gasteiger charge is -2.29. The van der Waals surface area contributed by atoms with Gasteiger partial charge in [-0.15, -0.1) is 11.3 Å². The van der Waals surface area contributed by atoms with Gasteiger partial charge in [-0.05, 0) is 25.8 Å². The first-order chi connectivity index (χ1) is 10.9. The number of hydrogen-bond donors (Lipinski definition) is 1. The van der Waals surface area contributed by atoms with E-state index in [0.717, 1.165) is 11.3 Å². The molecule has 2 rings (SSSR count). The van der Waals surface area contributed by atoms with Crippen molar-refractivity contribution in [2.45, 2.75) is 24.7 Å². The number of thiophene rings is 1. The van der Waals surface area contributed by atoms with Crippen molar-refractivity contribution in [3.8, 4) is 0 Å². The number of nitrogens with one attached hydrogen (secondary N) is 1. The van der Waals surface area contributed by atoms with Gasteiger partial charge in [-0.3, -0.25) is 9.59 Å². The molecule has 23 heavy (non-hydrogen) atoms. The quantitative estimate of drug-likeness (QED) is 0.793. The minimum atomic E-state index is -3.63. The van der Waals surface area contributed by atoms with Crippen LogP contribution in [-0.4, -0.2) is 51.3 Å². The number of nitrogens with zero attached hydrogens (tertiary/aromatic N) is 1. The van der Waals surface area contributed by atoms with Crippen LogP contribution in [-0.2, 0) is 19.6 Å². The van der Waals surface area contributed by atoms with Gasteiger partial charge in [0.2, 0.25) is 10.0 Å². The van der Waals surface area contributed by atoms with Crippen molar-refractivity contribution in [3.63, 3.8) is 0 Å². The number of sulfonamides is 1. The van der Waals surface area contributed by atoms with Gasteiger partial charge in [-0.2, -0.15) is 4.31 Å². The number of amides is 1. The van der Waals surface area contributed by atoms with Gasteiger partial charge in [0.25, 0.3) is 5.91 Å². The molecule has 2 heterocycles. The molecule has 9 heteroatoms. The number of carbonyl (C=O) groups is 2. The van der Waals surface area contributed by atoms with Gasteiger partial charge in [-0.25, -0.2) is 8.42 Å². The standard InChI is InChI=1S/C14H20N2O5S2/c1-3-21-14(18)10-4-6-16(7-5-10)23(19,20)11-8-12(22-9-11)13(17)15-2/h8-10H,3-7H2,1-2H3,(H,15,17). The lowest BCUT2D eigenvalue weighted by atomic mass is 9.98. The molecule has 1 fully saturated rings. The Morgan fingerprint density at radius 1 is 1.39 bits per heavy atom. The second-order valence-corrected chi connectivity index (χ2v) is 8.01. The number of ether oxygens (including phenoxy) is 1. The van der Waals surface area contributed by atoms with Crippen LogP contribution < -0.4 is 5.32 Å². The van der Waals surface area contributed by atoms with Crippen LogP contribution in [0.2, 0.25) is 0 Å². The summed E-state index contributed by atoms with van der Waals surface area (Å²) in [6, 6.07) is 1.39. The maximum Gasteiger partial charge on any atom is 0.309 e. The van der Waals surface area contributed by atoms with Crippen molar-refractivity contribution in [2.75, 3.05) is 26.7 Å². The second kappa shape index (κ2) is 7.41. The molecule has 1 amide bonds. The fourth-order valence-electron chi connectivity index (χ4n) is 2.44. The summed E-state index contributed by atoms with van der Waals surface area (Å²) in [5.41, 5.74) is 0. The number of rotatable bonds is 5. The number of hydrogen-bond acceptors (Lipinski definition) is 6. The van der Waals surface area contributed by atoms with Crippen LogP contribution in [0, 0.1) is 5.92 Å². The van der Waals surface area contributed by atoms with Crippen LogP contribution >= 0.6 is 11.3 Å². The van der Waals surface area contributed by atoms with E-state index in [0.29, 0.717) is 24.3 Å². The molecule has 0 atom stereocenters. The Hall–Kier alpha value is -1.45. The van der Waals surface area contributed by atoms with Crippen LogP contribution in [0.5, 0.6) is 0 Å². The summed E-state index contributed by atoms with van der Waals surface area (Å²) in [5.74, 6) is -0.815. The largest absolute Gasteiger partial charge is 0.466 e. The van der Waals surface area contributed by atoms with E-state index in [2.05, 4.69) is 5.32 Å². The molecule has 0 aliphatic carbocycles. The first-order valence-electron chi connectivity index (χ1n) is 7.37. The van der Waals surface area contributed by atoms with Gasteiger partial charge in [0, 0.05) is 25.5 Å². The first kappa shape index (κ1) is 17.9. The summed E-state index contributed by atoms with van der Waals surface area (Å²) >= 11 is 1.09. The Morgan fingerprint density at radius 2 is 2.04 bits per heavy atom. The van der Waals surface area contributed by atoms with Crippen molar-refractivity contribution in [1.82, 2.24) is 9.62 Å². The molecule has 0 spiro atoms. The van der Waals surface area contributed by atoms with Crippen molar-refractivity contribution >= 4 is 33.2 Å². The van der Waals surface area contributed by atoms with E-state index >= 15 is 0 Å². The van der Waals surface area contributed by atoms with Crippen LogP contribution in [0.15, 0.2) is 16.3 Å². The molecule has 1 aliphatic heterocycles. The van der Waals surface area contributed by atoms with Crippen molar-refractivity contribution in [1.29, 1.82) is 0 Å². The Kier molecular flexibility index (Phi) is 5.77. The van der Waals surface area contributed by atoms with Gasteiger partial charge in [0.1, 0.15) is 0 Å². The minimum absolute atomic E-state index is 0.121. The van der Waals surface area contributed by atoms with Gasteiger partial charge in [-0.1, -0.05) is 0 Å². The third-order valence-electron chi connectivity index (χ3n) is 3.74. The fraction of sp³-hybridized carbons (Fsp3) is 0.571. The van der Waals surface area contributed by atoms with E-state index in [1.54, 1.807) is 6.92 Å². The molecule has 128 valence electrons. The molecule has 0 saturated carbocycles. The van der Waals surface area contributed by atoms with Crippen LogP contribution in [0.4, 0.5) is 0 Å². The smallest absolute Gasteiger partial charge is 0.309 e.